The van der Waals surface area contributed by atoms with E-state index in [4.69, 9.17) is 10.5 Å². The molecule has 3 N–H and O–H groups in total. The van der Waals surface area contributed by atoms with Crippen LogP contribution in [0.3, 0.4) is 0 Å². The number of aromatic nitrogens is 2. The molecule has 96 valence electrons. The first kappa shape index (κ1) is 13.3. The van der Waals surface area contributed by atoms with Gasteiger partial charge in [-0.1, -0.05) is 6.92 Å². The number of carbonyl (C=O) groups excluding carboxylic acids is 1. The normalized spacial score (nSPS) is 10.3. The van der Waals surface area contributed by atoms with E-state index in [1.807, 2.05) is 14.0 Å². The quantitative estimate of drug-likeness (QED) is 0.723. The van der Waals surface area contributed by atoms with E-state index in [1.54, 1.807) is 11.6 Å². The molecule has 0 aromatic carbocycles. The maximum atomic E-state index is 11.1. The summed E-state index contributed by atoms with van der Waals surface area (Å²) in [6.45, 7) is 4.69. The van der Waals surface area contributed by atoms with Crippen molar-refractivity contribution in [3.05, 3.63) is 5.69 Å². The van der Waals surface area contributed by atoms with Crippen molar-refractivity contribution < 1.29 is 9.53 Å². The van der Waals surface area contributed by atoms with Gasteiger partial charge in [-0.2, -0.15) is 5.10 Å². The first-order chi connectivity index (χ1) is 8.10. The van der Waals surface area contributed by atoms with Gasteiger partial charge in [-0.3, -0.25) is 9.48 Å². The van der Waals surface area contributed by atoms with Crippen molar-refractivity contribution in [1.82, 2.24) is 9.78 Å². The number of nitrogen functional groups attached to an aromatic ring is 1. The summed E-state index contributed by atoms with van der Waals surface area (Å²) in [4.78, 5) is 11.1. The van der Waals surface area contributed by atoms with Crippen molar-refractivity contribution in [3.8, 4) is 0 Å². The zero-order valence-corrected chi connectivity index (χ0v) is 10.6. The zero-order chi connectivity index (χ0) is 12.8. The second-order valence-corrected chi connectivity index (χ2v) is 3.67. The fourth-order valence-corrected chi connectivity index (χ4v) is 1.58. The first-order valence-corrected chi connectivity index (χ1v) is 5.80. The molecule has 0 unspecified atom stereocenters. The molecule has 0 amide bonds. The van der Waals surface area contributed by atoms with E-state index >= 15 is 0 Å². The lowest BCUT2D eigenvalue weighted by atomic mass is 10.3. The Morgan fingerprint density at radius 1 is 1.53 bits per heavy atom. The van der Waals surface area contributed by atoms with E-state index in [9.17, 15) is 4.79 Å². The summed E-state index contributed by atoms with van der Waals surface area (Å²) in [5.41, 5.74) is 7.45. The number of nitrogens with one attached hydrogen (secondary N) is 1. The Balaban J connectivity index is 2.52. The van der Waals surface area contributed by atoms with Crippen LogP contribution < -0.4 is 11.1 Å². The maximum absolute atomic E-state index is 11.1. The highest BCUT2D eigenvalue weighted by molar-refractivity contribution is 5.71. The molecule has 1 aromatic rings. The molecule has 0 radical (unpaired) electrons. The lowest BCUT2D eigenvalue weighted by Gasteiger charge is -2.07. The van der Waals surface area contributed by atoms with Gasteiger partial charge in [0.05, 0.1) is 24.4 Å². The van der Waals surface area contributed by atoms with E-state index in [1.165, 1.54) is 0 Å². The third-order valence-corrected chi connectivity index (χ3v) is 2.42. The average molecular weight is 240 g/mol. The molecule has 0 atom stereocenters. The van der Waals surface area contributed by atoms with Crippen LogP contribution in [0.4, 0.5) is 11.5 Å². The fraction of sp³-hybridized carbons (Fsp3) is 0.636. The lowest BCUT2D eigenvalue weighted by Crippen LogP contribution is -2.13. The molecular formula is C11H20N4O2. The number of hydrogen-bond donors (Lipinski definition) is 2. The van der Waals surface area contributed by atoms with Gasteiger partial charge >= 0.3 is 5.97 Å². The molecule has 0 saturated heterocycles. The summed E-state index contributed by atoms with van der Waals surface area (Å²) in [6, 6.07) is 0. The molecule has 0 fully saturated rings. The third kappa shape index (κ3) is 3.37. The van der Waals surface area contributed by atoms with Gasteiger partial charge in [0.1, 0.15) is 5.82 Å². The molecule has 0 aliphatic carbocycles. The SMILES string of the molecule is CCOC(=O)CCNc1c(N)c(CC)nn1C. The van der Waals surface area contributed by atoms with Crippen LogP contribution in [0.1, 0.15) is 26.0 Å². The van der Waals surface area contributed by atoms with Gasteiger partial charge < -0.3 is 15.8 Å². The van der Waals surface area contributed by atoms with Gasteiger partial charge in [0, 0.05) is 13.6 Å². The van der Waals surface area contributed by atoms with Gasteiger partial charge in [-0.15, -0.1) is 0 Å². The van der Waals surface area contributed by atoms with Gasteiger partial charge in [-0.05, 0) is 13.3 Å². The van der Waals surface area contributed by atoms with Crippen LogP contribution in [-0.4, -0.2) is 28.9 Å². The minimum Gasteiger partial charge on any atom is -0.466 e. The van der Waals surface area contributed by atoms with E-state index < -0.39 is 0 Å². The number of anilines is 2. The van der Waals surface area contributed by atoms with Crippen LogP contribution in [0.25, 0.3) is 0 Å². The topological polar surface area (TPSA) is 82.2 Å². The Labute approximate surface area is 101 Å². The smallest absolute Gasteiger partial charge is 0.307 e. The Morgan fingerprint density at radius 2 is 2.24 bits per heavy atom. The predicted molar refractivity (Wildman–Crippen MR) is 66.7 cm³/mol. The van der Waals surface area contributed by atoms with Gasteiger partial charge in [0.2, 0.25) is 0 Å². The summed E-state index contributed by atoms with van der Waals surface area (Å²) in [7, 11) is 1.82. The molecule has 0 saturated carbocycles. The Morgan fingerprint density at radius 3 is 2.76 bits per heavy atom. The number of ether oxygens (including phenoxy) is 1. The second kappa shape index (κ2) is 6.12. The largest absolute Gasteiger partial charge is 0.466 e. The monoisotopic (exact) mass is 240 g/mol. The van der Waals surface area contributed by atoms with E-state index in [2.05, 4.69) is 10.4 Å². The fourth-order valence-electron chi connectivity index (χ4n) is 1.58. The first-order valence-electron chi connectivity index (χ1n) is 5.80. The summed E-state index contributed by atoms with van der Waals surface area (Å²) < 4.78 is 6.53. The zero-order valence-electron chi connectivity index (χ0n) is 10.6. The number of rotatable bonds is 6. The number of aryl methyl sites for hydroxylation is 2. The molecule has 1 aromatic heterocycles. The Kier molecular flexibility index (Phi) is 4.81. The molecule has 17 heavy (non-hydrogen) atoms. The minimum absolute atomic E-state index is 0.212. The summed E-state index contributed by atoms with van der Waals surface area (Å²) in [5.74, 6) is 0.544. The molecule has 0 aliphatic rings. The van der Waals surface area contributed by atoms with Gasteiger partial charge in [-0.25, -0.2) is 0 Å². The predicted octanol–water partition coefficient (Wildman–Crippen LogP) is 0.930. The standard InChI is InChI=1S/C11H20N4O2/c1-4-8-10(12)11(15(3)14-8)13-7-6-9(16)17-5-2/h13H,4-7,12H2,1-3H3. The van der Waals surface area contributed by atoms with Crippen LogP contribution >= 0.6 is 0 Å². The van der Waals surface area contributed by atoms with Crippen molar-refractivity contribution in [2.45, 2.75) is 26.7 Å². The molecule has 1 rings (SSSR count). The van der Waals surface area contributed by atoms with Crippen molar-refractivity contribution in [2.24, 2.45) is 7.05 Å². The number of nitrogens with two attached hydrogens (primary N) is 1. The van der Waals surface area contributed by atoms with Crippen molar-refractivity contribution in [3.63, 3.8) is 0 Å². The number of hydrogen-bond acceptors (Lipinski definition) is 5. The highest BCUT2D eigenvalue weighted by Crippen LogP contribution is 2.21. The summed E-state index contributed by atoms with van der Waals surface area (Å²) >= 11 is 0. The average Bonchev–Trinajstić information content (AvgIpc) is 2.56. The number of carbonyl (C=O) groups is 1. The highest BCUT2D eigenvalue weighted by atomic mass is 16.5. The lowest BCUT2D eigenvalue weighted by molar-refractivity contribution is -0.142. The van der Waals surface area contributed by atoms with Crippen LogP contribution in [0.5, 0.6) is 0 Å². The van der Waals surface area contributed by atoms with E-state index in [0.717, 1.165) is 17.9 Å². The Hall–Kier alpha value is -1.72. The Bertz CT molecular complexity index is 387. The molecule has 6 nitrogen and oxygen atoms in total. The minimum atomic E-state index is -0.212. The summed E-state index contributed by atoms with van der Waals surface area (Å²) in [6.07, 6.45) is 1.11. The second-order valence-electron chi connectivity index (χ2n) is 3.67. The molecular weight excluding hydrogens is 220 g/mol. The van der Waals surface area contributed by atoms with E-state index in [-0.39, 0.29) is 5.97 Å². The number of nitrogens with zero attached hydrogens (tertiary/aromatic N) is 2. The van der Waals surface area contributed by atoms with Gasteiger partial charge in [0.15, 0.2) is 0 Å². The number of esters is 1. The van der Waals surface area contributed by atoms with Crippen molar-refractivity contribution in [1.29, 1.82) is 0 Å². The molecule has 6 heteroatoms. The molecule has 0 aliphatic heterocycles. The van der Waals surface area contributed by atoms with Crippen LogP contribution in [0.2, 0.25) is 0 Å². The summed E-state index contributed by atoms with van der Waals surface area (Å²) in [5, 5.41) is 7.38. The molecule has 0 spiro atoms. The molecule has 0 bridgehead atoms. The van der Waals surface area contributed by atoms with Crippen molar-refractivity contribution in [2.75, 3.05) is 24.2 Å². The maximum Gasteiger partial charge on any atom is 0.307 e. The molecule has 1 heterocycles. The van der Waals surface area contributed by atoms with Crippen LogP contribution in [-0.2, 0) is 23.0 Å². The van der Waals surface area contributed by atoms with Crippen LogP contribution in [0, 0.1) is 0 Å². The third-order valence-electron chi connectivity index (χ3n) is 2.42. The van der Waals surface area contributed by atoms with Gasteiger partial charge in [0.25, 0.3) is 0 Å². The van der Waals surface area contributed by atoms with Crippen LogP contribution in [0.15, 0.2) is 0 Å². The highest BCUT2D eigenvalue weighted by Gasteiger charge is 2.11. The van der Waals surface area contributed by atoms with Crippen molar-refractivity contribution >= 4 is 17.5 Å². The van der Waals surface area contributed by atoms with E-state index in [0.29, 0.717) is 25.3 Å².